The van der Waals surface area contributed by atoms with Gasteiger partial charge in [0.25, 0.3) is 0 Å². The van der Waals surface area contributed by atoms with Crippen LogP contribution in [0.2, 0.25) is 0 Å². The molecule has 0 bridgehead atoms. The molecule has 0 radical (unpaired) electrons. The van der Waals surface area contributed by atoms with Gasteiger partial charge in [-0.25, -0.2) is 0 Å². The number of ether oxygens (including phenoxy) is 1. The molecule has 2 atom stereocenters. The molecule has 1 saturated heterocycles. The van der Waals surface area contributed by atoms with Gasteiger partial charge in [-0.1, -0.05) is 0 Å². The van der Waals surface area contributed by atoms with E-state index in [2.05, 4.69) is 23.7 Å². The van der Waals surface area contributed by atoms with Crippen molar-refractivity contribution in [3.63, 3.8) is 0 Å². The van der Waals surface area contributed by atoms with E-state index in [-0.39, 0.29) is 24.5 Å². The van der Waals surface area contributed by atoms with Crippen molar-refractivity contribution in [2.75, 3.05) is 33.4 Å². The third-order valence-corrected chi connectivity index (χ3v) is 4.77. The molecule has 1 fully saturated rings. The van der Waals surface area contributed by atoms with Crippen molar-refractivity contribution in [2.45, 2.75) is 45.2 Å². The number of hydrogen-bond donors (Lipinski definition) is 0. The molecular weight excluding hydrogens is 318 g/mol. The van der Waals surface area contributed by atoms with Crippen LogP contribution in [0.25, 0.3) is 0 Å². The lowest BCUT2D eigenvalue weighted by atomic mass is 10.0. The van der Waals surface area contributed by atoms with Crippen molar-refractivity contribution in [1.82, 2.24) is 14.8 Å². The van der Waals surface area contributed by atoms with Gasteiger partial charge in [-0.05, 0) is 32.4 Å². The quantitative estimate of drug-likeness (QED) is 0.532. The van der Waals surface area contributed by atoms with Crippen molar-refractivity contribution in [2.24, 2.45) is 0 Å². The van der Waals surface area contributed by atoms with Gasteiger partial charge in [0.05, 0.1) is 0 Å². The summed E-state index contributed by atoms with van der Waals surface area (Å²) in [5.74, 6) is 0.0354. The number of carbonyl (C=O) groups is 2. The SMILES string of the molecule is COCCCN1C(C)CN(C(=O)CCC(=O)c2cccnc2)CC1C. The van der Waals surface area contributed by atoms with Crippen molar-refractivity contribution in [3.8, 4) is 0 Å². The van der Waals surface area contributed by atoms with Crippen LogP contribution in [0.4, 0.5) is 0 Å². The normalized spacial score (nSPS) is 21.3. The molecule has 138 valence electrons. The molecule has 2 unspecified atom stereocenters. The van der Waals surface area contributed by atoms with E-state index in [1.54, 1.807) is 31.6 Å². The van der Waals surface area contributed by atoms with E-state index in [9.17, 15) is 9.59 Å². The van der Waals surface area contributed by atoms with Gasteiger partial charge in [-0.2, -0.15) is 0 Å². The van der Waals surface area contributed by atoms with Gasteiger partial charge in [0.15, 0.2) is 5.78 Å². The molecule has 2 rings (SSSR count). The highest BCUT2D eigenvalue weighted by Gasteiger charge is 2.31. The molecule has 6 nitrogen and oxygen atoms in total. The maximum atomic E-state index is 12.5. The number of carbonyl (C=O) groups excluding carboxylic acids is 2. The highest BCUT2D eigenvalue weighted by molar-refractivity contribution is 5.97. The van der Waals surface area contributed by atoms with Gasteiger partial charge in [0.2, 0.25) is 5.91 Å². The first-order valence-electron chi connectivity index (χ1n) is 8.98. The first-order valence-corrected chi connectivity index (χ1v) is 8.98. The topological polar surface area (TPSA) is 62.7 Å². The Morgan fingerprint density at radius 2 is 1.96 bits per heavy atom. The van der Waals surface area contributed by atoms with E-state index < -0.39 is 0 Å². The molecule has 0 saturated carbocycles. The third kappa shape index (κ3) is 5.61. The lowest BCUT2D eigenvalue weighted by Crippen LogP contribution is -2.58. The molecule has 1 aliphatic rings. The van der Waals surface area contributed by atoms with E-state index in [1.165, 1.54) is 0 Å². The molecule has 0 aromatic carbocycles. The van der Waals surface area contributed by atoms with E-state index in [1.807, 2.05) is 4.90 Å². The molecule has 0 spiro atoms. The summed E-state index contributed by atoms with van der Waals surface area (Å²) in [5.41, 5.74) is 0.569. The summed E-state index contributed by atoms with van der Waals surface area (Å²) < 4.78 is 5.13. The van der Waals surface area contributed by atoms with Crippen LogP contribution in [0.5, 0.6) is 0 Å². The lowest BCUT2D eigenvalue weighted by molar-refractivity contribution is -0.135. The minimum absolute atomic E-state index is 0.0271. The predicted molar refractivity (Wildman–Crippen MR) is 96.5 cm³/mol. The van der Waals surface area contributed by atoms with Crippen molar-refractivity contribution in [1.29, 1.82) is 0 Å². The maximum Gasteiger partial charge on any atom is 0.223 e. The number of aromatic nitrogens is 1. The largest absolute Gasteiger partial charge is 0.385 e. The number of rotatable bonds is 8. The number of amides is 1. The van der Waals surface area contributed by atoms with Crippen LogP contribution in [0.1, 0.15) is 43.5 Å². The molecule has 1 amide bonds. The second kappa shape index (κ2) is 9.63. The fourth-order valence-electron chi connectivity index (χ4n) is 3.44. The average Bonchev–Trinajstić information content (AvgIpc) is 2.62. The number of methoxy groups -OCH3 is 1. The number of pyridine rings is 1. The van der Waals surface area contributed by atoms with E-state index in [4.69, 9.17) is 4.74 Å². The molecular formula is C19H29N3O3. The molecule has 1 aliphatic heterocycles. The average molecular weight is 347 g/mol. The van der Waals surface area contributed by atoms with E-state index in [0.717, 1.165) is 32.7 Å². The van der Waals surface area contributed by atoms with Gasteiger partial charge in [0.1, 0.15) is 0 Å². The fourth-order valence-corrected chi connectivity index (χ4v) is 3.44. The minimum Gasteiger partial charge on any atom is -0.385 e. The Labute approximate surface area is 150 Å². The molecule has 1 aromatic rings. The van der Waals surface area contributed by atoms with Crippen LogP contribution in [0, 0.1) is 0 Å². The monoisotopic (exact) mass is 347 g/mol. The number of ketones is 1. The molecule has 2 heterocycles. The first kappa shape index (κ1) is 19.5. The van der Waals surface area contributed by atoms with Crippen LogP contribution >= 0.6 is 0 Å². The van der Waals surface area contributed by atoms with Gasteiger partial charge in [-0.3, -0.25) is 19.5 Å². The van der Waals surface area contributed by atoms with Crippen LogP contribution in [0.3, 0.4) is 0 Å². The van der Waals surface area contributed by atoms with Crippen molar-refractivity contribution in [3.05, 3.63) is 30.1 Å². The van der Waals surface area contributed by atoms with E-state index in [0.29, 0.717) is 17.6 Å². The first-order chi connectivity index (χ1) is 12.0. The Bertz CT molecular complexity index is 552. The number of nitrogens with zero attached hydrogens (tertiary/aromatic N) is 3. The van der Waals surface area contributed by atoms with Crippen LogP contribution in [0.15, 0.2) is 24.5 Å². The Hall–Kier alpha value is -1.79. The maximum absolute atomic E-state index is 12.5. The third-order valence-electron chi connectivity index (χ3n) is 4.77. The summed E-state index contributed by atoms with van der Waals surface area (Å²) in [4.78, 5) is 32.9. The summed E-state index contributed by atoms with van der Waals surface area (Å²) in [6.45, 7) is 7.49. The number of hydrogen-bond acceptors (Lipinski definition) is 5. The fraction of sp³-hybridized carbons (Fsp3) is 0.632. The Morgan fingerprint density at radius 3 is 2.56 bits per heavy atom. The highest BCUT2D eigenvalue weighted by Crippen LogP contribution is 2.17. The standard InChI is InChI=1S/C19H29N3O3/c1-15-13-21(14-16(2)22(15)10-5-11-25-3)19(24)8-7-18(23)17-6-4-9-20-12-17/h4,6,9,12,15-16H,5,7-8,10-11,13-14H2,1-3H3. The van der Waals surface area contributed by atoms with Crippen LogP contribution < -0.4 is 0 Å². The number of Topliss-reactive ketones (excluding diaryl/α,β-unsaturated/α-hetero) is 1. The van der Waals surface area contributed by atoms with E-state index >= 15 is 0 Å². The Balaban J connectivity index is 1.82. The molecule has 0 N–H and O–H groups in total. The zero-order chi connectivity index (χ0) is 18.2. The molecule has 0 aliphatic carbocycles. The Morgan fingerprint density at radius 1 is 1.24 bits per heavy atom. The van der Waals surface area contributed by atoms with Gasteiger partial charge in [-0.15, -0.1) is 0 Å². The summed E-state index contributed by atoms with van der Waals surface area (Å²) in [6.07, 6.45) is 4.68. The van der Waals surface area contributed by atoms with Crippen LogP contribution in [-0.2, 0) is 9.53 Å². The smallest absolute Gasteiger partial charge is 0.223 e. The highest BCUT2D eigenvalue weighted by atomic mass is 16.5. The van der Waals surface area contributed by atoms with Gasteiger partial charge >= 0.3 is 0 Å². The van der Waals surface area contributed by atoms with Gasteiger partial charge < -0.3 is 9.64 Å². The van der Waals surface area contributed by atoms with Crippen molar-refractivity contribution >= 4 is 11.7 Å². The predicted octanol–water partition coefficient (Wildman–Crippen LogP) is 2.00. The number of piperazine rings is 1. The molecule has 6 heteroatoms. The zero-order valence-electron chi connectivity index (χ0n) is 15.5. The lowest BCUT2D eigenvalue weighted by Gasteiger charge is -2.44. The summed E-state index contributed by atoms with van der Waals surface area (Å²) in [5, 5.41) is 0. The van der Waals surface area contributed by atoms with Gasteiger partial charge in [0, 0.05) is 76.2 Å². The van der Waals surface area contributed by atoms with Crippen LogP contribution in [-0.4, -0.2) is 71.9 Å². The summed E-state index contributed by atoms with van der Waals surface area (Å²) >= 11 is 0. The summed E-state index contributed by atoms with van der Waals surface area (Å²) in [6, 6.07) is 4.11. The minimum atomic E-state index is -0.0271. The molecule has 25 heavy (non-hydrogen) atoms. The Kier molecular flexibility index (Phi) is 7.52. The zero-order valence-corrected chi connectivity index (χ0v) is 15.5. The van der Waals surface area contributed by atoms with Crippen molar-refractivity contribution < 1.29 is 14.3 Å². The summed E-state index contributed by atoms with van der Waals surface area (Å²) in [7, 11) is 1.72. The molecule has 1 aromatic heterocycles. The second-order valence-corrected chi connectivity index (χ2v) is 6.75. The second-order valence-electron chi connectivity index (χ2n) is 6.75.